The second-order valence-electron chi connectivity index (χ2n) is 3.71. The van der Waals surface area contributed by atoms with Crippen LogP contribution in [0, 0.1) is 0 Å². The largest absolute Gasteiger partial charge is 0.416 e. The van der Waals surface area contributed by atoms with E-state index in [1.807, 2.05) is 0 Å². The summed E-state index contributed by atoms with van der Waals surface area (Å²) >= 11 is 0. The van der Waals surface area contributed by atoms with Crippen molar-refractivity contribution in [2.24, 2.45) is 5.73 Å². The summed E-state index contributed by atoms with van der Waals surface area (Å²) in [6.07, 6.45) is -2.83. The van der Waals surface area contributed by atoms with Gasteiger partial charge in [-0.1, -0.05) is 12.1 Å². The summed E-state index contributed by atoms with van der Waals surface area (Å²) in [5, 5.41) is 7.54. The summed E-state index contributed by atoms with van der Waals surface area (Å²) in [4.78, 5) is 0. The van der Waals surface area contributed by atoms with E-state index in [0.29, 0.717) is 16.8 Å². The Balaban J connectivity index is 2.34. The van der Waals surface area contributed by atoms with Crippen molar-refractivity contribution >= 4 is 0 Å². The number of nitrogens with zero attached hydrogens (tertiary/aromatic N) is 2. The van der Waals surface area contributed by atoms with Gasteiger partial charge in [0.1, 0.15) is 0 Å². The Morgan fingerprint density at radius 3 is 2.28 bits per heavy atom. The van der Waals surface area contributed by atoms with Crippen LogP contribution in [0.5, 0.6) is 0 Å². The second-order valence-corrected chi connectivity index (χ2v) is 3.71. The van der Waals surface area contributed by atoms with E-state index in [2.05, 4.69) is 10.2 Å². The van der Waals surface area contributed by atoms with Gasteiger partial charge < -0.3 is 5.73 Å². The number of aromatic nitrogens is 2. The molecule has 0 aliphatic carbocycles. The maximum atomic E-state index is 12.4. The molecule has 6 heteroatoms. The smallest absolute Gasteiger partial charge is 0.325 e. The minimum Gasteiger partial charge on any atom is -0.325 e. The van der Waals surface area contributed by atoms with E-state index < -0.39 is 11.7 Å². The molecule has 0 bridgehead atoms. The molecule has 0 saturated heterocycles. The van der Waals surface area contributed by atoms with Crippen LogP contribution in [0.2, 0.25) is 0 Å². The molecule has 0 saturated carbocycles. The highest BCUT2D eigenvalue weighted by Crippen LogP contribution is 2.30. The fourth-order valence-electron chi connectivity index (χ4n) is 1.52. The van der Waals surface area contributed by atoms with Gasteiger partial charge in [0.2, 0.25) is 0 Å². The first kappa shape index (κ1) is 12.5. The second kappa shape index (κ2) is 4.73. The van der Waals surface area contributed by atoms with Crippen LogP contribution in [-0.4, -0.2) is 10.2 Å². The van der Waals surface area contributed by atoms with Crippen LogP contribution < -0.4 is 5.73 Å². The highest BCUT2D eigenvalue weighted by atomic mass is 19.4. The van der Waals surface area contributed by atoms with Gasteiger partial charge in [-0.25, -0.2) is 0 Å². The lowest BCUT2D eigenvalue weighted by molar-refractivity contribution is -0.137. The van der Waals surface area contributed by atoms with Crippen molar-refractivity contribution in [1.29, 1.82) is 0 Å². The Morgan fingerprint density at radius 2 is 1.72 bits per heavy atom. The number of rotatable bonds is 2. The van der Waals surface area contributed by atoms with Gasteiger partial charge in [0.15, 0.2) is 0 Å². The maximum absolute atomic E-state index is 12.4. The molecule has 0 atom stereocenters. The molecule has 1 aromatic carbocycles. The standard InChI is InChI=1S/C12H10F3N3/c13-12(14,15)10-3-1-8(2-4-10)9-5-11(6-16)18-17-7-9/h1-5,7H,6,16H2. The first-order valence-corrected chi connectivity index (χ1v) is 5.20. The summed E-state index contributed by atoms with van der Waals surface area (Å²) < 4.78 is 37.2. The third-order valence-corrected chi connectivity index (χ3v) is 2.46. The molecule has 1 heterocycles. The highest BCUT2D eigenvalue weighted by Gasteiger charge is 2.29. The van der Waals surface area contributed by atoms with Gasteiger partial charge in [0, 0.05) is 12.1 Å². The van der Waals surface area contributed by atoms with Gasteiger partial charge in [-0.2, -0.15) is 23.4 Å². The van der Waals surface area contributed by atoms with Crippen molar-refractivity contribution in [3.63, 3.8) is 0 Å². The van der Waals surface area contributed by atoms with Crippen LogP contribution in [0.15, 0.2) is 36.5 Å². The number of alkyl halides is 3. The van der Waals surface area contributed by atoms with E-state index in [9.17, 15) is 13.2 Å². The van der Waals surface area contributed by atoms with E-state index in [1.54, 1.807) is 6.07 Å². The number of benzene rings is 1. The minimum atomic E-state index is -4.32. The number of halogens is 3. The summed E-state index contributed by atoms with van der Waals surface area (Å²) in [6, 6.07) is 6.59. The Bertz CT molecular complexity index is 535. The molecule has 18 heavy (non-hydrogen) atoms. The Hall–Kier alpha value is -1.95. The zero-order valence-corrected chi connectivity index (χ0v) is 9.28. The Kier molecular flexibility index (Phi) is 3.29. The summed E-state index contributed by atoms with van der Waals surface area (Å²) in [6.45, 7) is 0.238. The number of hydrogen-bond donors (Lipinski definition) is 1. The first-order chi connectivity index (χ1) is 8.50. The van der Waals surface area contributed by atoms with Crippen molar-refractivity contribution in [1.82, 2.24) is 10.2 Å². The fraction of sp³-hybridized carbons (Fsp3) is 0.167. The molecule has 0 aliphatic heterocycles. The van der Waals surface area contributed by atoms with E-state index in [-0.39, 0.29) is 6.54 Å². The third-order valence-electron chi connectivity index (χ3n) is 2.46. The predicted octanol–water partition coefficient (Wildman–Crippen LogP) is 2.62. The zero-order valence-electron chi connectivity index (χ0n) is 9.28. The Labute approximate surface area is 101 Å². The van der Waals surface area contributed by atoms with E-state index in [4.69, 9.17) is 5.73 Å². The SMILES string of the molecule is NCc1cc(-c2ccc(C(F)(F)F)cc2)cnn1. The number of nitrogens with two attached hydrogens (primary N) is 1. The molecular weight excluding hydrogens is 243 g/mol. The van der Waals surface area contributed by atoms with Gasteiger partial charge in [0.25, 0.3) is 0 Å². The molecule has 0 fully saturated rings. The van der Waals surface area contributed by atoms with Gasteiger partial charge in [0.05, 0.1) is 17.5 Å². The molecule has 2 aromatic rings. The van der Waals surface area contributed by atoms with Crippen molar-refractivity contribution in [3.8, 4) is 11.1 Å². The lowest BCUT2D eigenvalue weighted by atomic mass is 10.1. The van der Waals surface area contributed by atoms with Crippen LogP contribution in [-0.2, 0) is 12.7 Å². The van der Waals surface area contributed by atoms with Crippen molar-refractivity contribution in [3.05, 3.63) is 47.8 Å². The molecule has 2 rings (SSSR count). The van der Waals surface area contributed by atoms with Crippen LogP contribution in [0.3, 0.4) is 0 Å². The molecule has 0 aliphatic rings. The molecule has 0 radical (unpaired) electrons. The molecule has 0 unspecified atom stereocenters. The summed E-state index contributed by atoms with van der Waals surface area (Å²) in [7, 11) is 0. The molecule has 0 spiro atoms. The summed E-state index contributed by atoms with van der Waals surface area (Å²) in [5.41, 5.74) is 6.68. The van der Waals surface area contributed by atoms with Crippen molar-refractivity contribution < 1.29 is 13.2 Å². The van der Waals surface area contributed by atoms with E-state index in [0.717, 1.165) is 12.1 Å². The van der Waals surface area contributed by atoms with Crippen LogP contribution in [0.1, 0.15) is 11.3 Å². The van der Waals surface area contributed by atoms with E-state index >= 15 is 0 Å². The molecule has 94 valence electrons. The Morgan fingerprint density at radius 1 is 1.06 bits per heavy atom. The van der Waals surface area contributed by atoms with Crippen molar-refractivity contribution in [2.45, 2.75) is 12.7 Å². The van der Waals surface area contributed by atoms with Crippen LogP contribution in [0.25, 0.3) is 11.1 Å². The zero-order chi connectivity index (χ0) is 13.2. The molecule has 2 N–H and O–H groups in total. The average Bonchev–Trinajstić information content (AvgIpc) is 2.38. The average molecular weight is 253 g/mol. The van der Waals surface area contributed by atoms with E-state index in [1.165, 1.54) is 18.3 Å². The first-order valence-electron chi connectivity index (χ1n) is 5.20. The molecule has 0 amide bonds. The van der Waals surface area contributed by atoms with Gasteiger partial charge in [-0.3, -0.25) is 0 Å². The lowest BCUT2D eigenvalue weighted by Crippen LogP contribution is -2.04. The topological polar surface area (TPSA) is 51.8 Å². The molecular formula is C12H10F3N3. The quantitative estimate of drug-likeness (QED) is 0.895. The fourth-order valence-corrected chi connectivity index (χ4v) is 1.52. The summed E-state index contributed by atoms with van der Waals surface area (Å²) in [5.74, 6) is 0. The van der Waals surface area contributed by atoms with Gasteiger partial charge in [-0.15, -0.1) is 0 Å². The van der Waals surface area contributed by atoms with Gasteiger partial charge >= 0.3 is 6.18 Å². The molecule has 3 nitrogen and oxygen atoms in total. The maximum Gasteiger partial charge on any atom is 0.416 e. The highest BCUT2D eigenvalue weighted by molar-refractivity contribution is 5.62. The normalized spacial score (nSPS) is 11.6. The van der Waals surface area contributed by atoms with Gasteiger partial charge in [-0.05, 0) is 23.8 Å². The number of hydrogen-bond acceptors (Lipinski definition) is 3. The van der Waals surface area contributed by atoms with Crippen molar-refractivity contribution in [2.75, 3.05) is 0 Å². The third kappa shape index (κ3) is 2.65. The predicted molar refractivity (Wildman–Crippen MR) is 60.4 cm³/mol. The minimum absolute atomic E-state index is 0.238. The lowest BCUT2D eigenvalue weighted by Gasteiger charge is -2.07. The molecule has 1 aromatic heterocycles. The monoisotopic (exact) mass is 253 g/mol. The van der Waals surface area contributed by atoms with Crippen LogP contribution >= 0.6 is 0 Å². The van der Waals surface area contributed by atoms with Crippen LogP contribution in [0.4, 0.5) is 13.2 Å².